The number of hydrogen-bond acceptors (Lipinski definition) is 4. The molecule has 0 aliphatic rings. The maximum Gasteiger partial charge on any atom is 0.134 e. The number of nitrogen functional groups attached to an aromatic ring is 1. The lowest BCUT2D eigenvalue weighted by Crippen LogP contribution is -2.10. The van der Waals surface area contributed by atoms with Gasteiger partial charge in [-0.15, -0.1) is 0 Å². The minimum absolute atomic E-state index is 0.182. The monoisotopic (exact) mass is 246 g/mol. The lowest BCUT2D eigenvalue weighted by molar-refractivity contribution is 0.610. The lowest BCUT2D eigenvalue weighted by Gasteiger charge is -2.09. The summed E-state index contributed by atoms with van der Waals surface area (Å²) >= 11 is 0. The van der Waals surface area contributed by atoms with Crippen LogP contribution in [0.2, 0.25) is 0 Å². The maximum absolute atomic E-state index is 13.4. The van der Waals surface area contributed by atoms with E-state index in [-0.39, 0.29) is 5.82 Å². The number of nitrogens with zero attached hydrogens (tertiary/aromatic N) is 2. The van der Waals surface area contributed by atoms with Gasteiger partial charge in [-0.3, -0.25) is 0 Å². The molecular formula is C13H15FN4. The zero-order chi connectivity index (χ0) is 13.0. The first-order chi connectivity index (χ1) is 8.68. The van der Waals surface area contributed by atoms with E-state index in [9.17, 15) is 4.39 Å². The highest BCUT2D eigenvalue weighted by Gasteiger charge is 2.04. The van der Waals surface area contributed by atoms with Gasteiger partial charge in [-0.25, -0.2) is 14.4 Å². The van der Waals surface area contributed by atoms with E-state index in [4.69, 9.17) is 5.73 Å². The second-order valence-electron chi connectivity index (χ2n) is 4.00. The van der Waals surface area contributed by atoms with Crippen LogP contribution in [0.15, 0.2) is 30.6 Å². The number of aromatic nitrogens is 2. The van der Waals surface area contributed by atoms with Crippen LogP contribution in [0.3, 0.4) is 0 Å². The summed E-state index contributed by atoms with van der Waals surface area (Å²) in [5, 5.41) is 3.13. The van der Waals surface area contributed by atoms with E-state index >= 15 is 0 Å². The number of hydrogen-bond donors (Lipinski definition) is 2. The Morgan fingerprint density at radius 1 is 1.28 bits per heavy atom. The molecule has 94 valence electrons. The Morgan fingerprint density at radius 3 is 2.83 bits per heavy atom. The summed E-state index contributed by atoms with van der Waals surface area (Å²) in [6, 6.07) is 6.75. The fraction of sp³-hybridized carbons (Fsp3) is 0.231. The molecule has 2 rings (SSSR count). The number of nitrogens with one attached hydrogen (secondary N) is 1. The van der Waals surface area contributed by atoms with Gasteiger partial charge >= 0.3 is 0 Å². The highest BCUT2D eigenvalue weighted by Crippen LogP contribution is 2.15. The van der Waals surface area contributed by atoms with Crippen molar-refractivity contribution < 1.29 is 4.39 Å². The molecule has 5 heteroatoms. The van der Waals surface area contributed by atoms with Crippen LogP contribution in [0.4, 0.5) is 16.0 Å². The van der Waals surface area contributed by atoms with E-state index in [1.54, 1.807) is 12.1 Å². The molecule has 0 aliphatic carbocycles. The number of rotatable bonds is 4. The molecule has 0 saturated carbocycles. The van der Waals surface area contributed by atoms with Gasteiger partial charge in [-0.05, 0) is 25.0 Å². The molecule has 18 heavy (non-hydrogen) atoms. The Balaban J connectivity index is 1.97. The van der Waals surface area contributed by atoms with Crippen molar-refractivity contribution in [1.82, 2.24) is 9.97 Å². The molecule has 1 heterocycles. The molecule has 0 aliphatic heterocycles. The molecular weight excluding hydrogens is 231 g/mol. The third-order valence-corrected chi connectivity index (χ3v) is 2.77. The Kier molecular flexibility index (Phi) is 3.72. The SMILES string of the molecule is Cc1c(N)ncnc1NCCc1ccccc1F. The van der Waals surface area contributed by atoms with E-state index in [2.05, 4.69) is 15.3 Å². The van der Waals surface area contributed by atoms with Gasteiger partial charge in [-0.1, -0.05) is 18.2 Å². The number of benzene rings is 1. The van der Waals surface area contributed by atoms with E-state index in [1.807, 2.05) is 13.0 Å². The Hall–Kier alpha value is -2.17. The van der Waals surface area contributed by atoms with Crippen molar-refractivity contribution in [3.8, 4) is 0 Å². The third kappa shape index (κ3) is 2.74. The van der Waals surface area contributed by atoms with Gasteiger partial charge in [0.2, 0.25) is 0 Å². The van der Waals surface area contributed by atoms with Crippen molar-refractivity contribution in [3.63, 3.8) is 0 Å². The van der Waals surface area contributed by atoms with E-state index in [1.165, 1.54) is 12.4 Å². The summed E-state index contributed by atoms with van der Waals surface area (Å²) < 4.78 is 13.4. The van der Waals surface area contributed by atoms with E-state index in [0.717, 1.165) is 5.56 Å². The molecule has 2 aromatic rings. The quantitative estimate of drug-likeness (QED) is 0.867. The molecule has 4 nitrogen and oxygen atoms in total. The van der Waals surface area contributed by atoms with Gasteiger partial charge in [0.25, 0.3) is 0 Å². The first-order valence-electron chi connectivity index (χ1n) is 5.73. The standard InChI is InChI=1S/C13H15FN4/c1-9-12(15)17-8-18-13(9)16-7-6-10-4-2-3-5-11(10)14/h2-5,8H,6-7H2,1H3,(H3,15,16,17,18). The topological polar surface area (TPSA) is 63.8 Å². The van der Waals surface area contributed by atoms with Gasteiger partial charge in [0.05, 0.1) is 0 Å². The minimum Gasteiger partial charge on any atom is -0.383 e. The summed E-state index contributed by atoms with van der Waals surface area (Å²) in [5.74, 6) is 0.968. The average molecular weight is 246 g/mol. The first-order valence-corrected chi connectivity index (χ1v) is 5.73. The van der Waals surface area contributed by atoms with Crippen molar-refractivity contribution >= 4 is 11.6 Å². The van der Waals surface area contributed by atoms with Crippen LogP contribution in [0.1, 0.15) is 11.1 Å². The maximum atomic E-state index is 13.4. The summed E-state index contributed by atoms with van der Waals surface area (Å²) in [6.07, 6.45) is 2.00. The van der Waals surface area contributed by atoms with Crippen LogP contribution in [0.25, 0.3) is 0 Å². The largest absolute Gasteiger partial charge is 0.383 e. The zero-order valence-corrected chi connectivity index (χ0v) is 10.2. The normalized spacial score (nSPS) is 10.3. The molecule has 0 fully saturated rings. The van der Waals surface area contributed by atoms with Gasteiger partial charge in [0.1, 0.15) is 23.8 Å². The van der Waals surface area contributed by atoms with Gasteiger partial charge in [0.15, 0.2) is 0 Å². The van der Waals surface area contributed by atoms with Crippen LogP contribution >= 0.6 is 0 Å². The smallest absolute Gasteiger partial charge is 0.134 e. The van der Waals surface area contributed by atoms with Crippen molar-refractivity contribution in [2.24, 2.45) is 0 Å². The summed E-state index contributed by atoms with van der Waals surface area (Å²) in [4.78, 5) is 7.98. The van der Waals surface area contributed by atoms with Crippen LogP contribution in [-0.4, -0.2) is 16.5 Å². The first kappa shape index (κ1) is 12.3. The van der Waals surface area contributed by atoms with Crippen molar-refractivity contribution in [3.05, 3.63) is 47.5 Å². The highest BCUT2D eigenvalue weighted by atomic mass is 19.1. The number of anilines is 2. The van der Waals surface area contributed by atoms with E-state index in [0.29, 0.717) is 30.2 Å². The number of nitrogens with two attached hydrogens (primary N) is 1. The summed E-state index contributed by atoms with van der Waals surface area (Å²) in [5.41, 5.74) is 7.17. The Morgan fingerprint density at radius 2 is 2.06 bits per heavy atom. The van der Waals surface area contributed by atoms with Gasteiger partial charge in [0, 0.05) is 12.1 Å². The van der Waals surface area contributed by atoms with Crippen molar-refractivity contribution in [2.45, 2.75) is 13.3 Å². The molecule has 1 aromatic carbocycles. The van der Waals surface area contributed by atoms with Crippen LogP contribution in [0.5, 0.6) is 0 Å². The second-order valence-corrected chi connectivity index (χ2v) is 4.00. The zero-order valence-electron chi connectivity index (χ0n) is 10.2. The molecule has 0 unspecified atom stereocenters. The molecule has 0 spiro atoms. The molecule has 3 N–H and O–H groups in total. The van der Waals surface area contributed by atoms with Crippen molar-refractivity contribution in [1.29, 1.82) is 0 Å². The summed E-state index contributed by atoms with van der Waals surface area (Å²) in [7, 11) is 0. The van der Waals surface area contributed by atoms with Crippen LogP contribution in [-0.2, 0) is 6.42 Å². The average Bonchev–Trinajstić information content (AvgIpc) is 2.37. The Labute approximate surface area is 105 Å². The molecule has 0 saturated heterocycles. The van der Waals surface area contributed by atoms with E-state index < -0.39 is 0 Å². The second kappa shape index (κ2) is 5.44. The third-order valence-electron chi connectivity index (χ3n) is 2.77. The molecule has 0 amide bonds. The van der Waals surface area contributed by atoms with Crippen molar-refractivity contribution in [2.75, 3.05) is 17.6 Å². The molecule has 0 atom stereocenters. The number of halogens is 1. The predicted molar refractivity (Wildman–Crippen MR) is 69.8 cm³/mol. The highest BCUT2D eigenvalue weighted by molar-refractivity contribution is 5.53. The lowest BCUT2D eigenvalue weighted by atomic mass is 10.1. The predicted octanol–water partition coefficient (Wildman–Crippen LogP) is 2.16. The van der Waals surface area contributed by atoms with Gasteiger partial charge in [-0.2, -0.15) is 0 Å². The molecule has 1 aromatic heterocycles. The van der Waals surface area contributed by atoms with Crippen LogP contribution < -0.4 is 11.1 Å². The molecule has 0 bridgehead atoms. The van der Waals surface area contributed by atoms with Crippen LogP contribution in [0, 0.1) is 12.7 Å². The fourth-order valence-corrected chi connectivity index (χ4v) is 1.66. The minimum atomic E-state index is -0.182. The fourth-order valence-electron chi connectivity index (χ4n) is 1.66. The molecule has 0 radical (unpaired) electrons. The van der Waals surface area contributed by atoms with Gasteiger partial charge < -0.3 is 11.1 Å². The Bertz CT molecular complexity index is 542. The summed E-state index contributed by atoms with van der Waals surface area (Å²) in [6.45, 7) is 2.44.